The van der Waals surface area contributed by atoms with E-state index >= 15 is 0 Å². The molecule has 0 aliphatic carbocycles. The molecule has 1 fully saturated rings. The Morgan fingerprint density at radius 1 is 1.59 bits per heavy atom. The van der Waals surface area contributed by atoms with Crippen LogP contribution in [0.15, 0.2) is 0 Å². The Kier molecular flexibility index (Phi) is 5.86. The number of aliphatic hydroxyl groups is 1. The summed E-state index contributed by atoms with van der Waals surface area (Å²) in [6.45, 7) is 7.11. The highest BCUT2D eigenvalue weighted by atomic mass is 16.5. The maximum atomic E-state index is 9.97. The highest BCUT2D eigenvalue weighted by Crippen LogP contribution is 2.18. The Labute approximate surface area is 105 Å². The molecule has 0 aromatic carbocycles. The molecule has 3 unspecified atom stereocenters. The summed E-state index contributed by atoms with van der Waals surface area (Å²) < 4.78 is 5.49. The van der Waals surface area contributed by atoms with Crippen LogP contribution < -0.4 is 5.73 Å². The van der Waals surface area contributed by atoms with Crippen molar-refractivity contribution < 1.29 is 9.84 Å². The molecule has 0 amide bonds. The summed E-state index contributed by atoms with van der Waals surface area (Å²) >= 11 is 0. The normalized spacial score (nSPS) is 26.8. The van der Waals surface area contributed by atoms with Gasteiger partial charge in [-0.3, -0.25) is 0 Å². The second-order valence-electron chi connectivity index (χ2n) is 5.78. The predicted molar refractivity (Wildman–Crippen MR) is 69.9 cm³/mol. The van der Waals surface area contributed by atoms with Crippen LogP contribution >= 0.6 is 0 Å². The molecule has 4 heteroatoms. The van der Waals surface area contributed by atoms with E-state index in [-0.39, 0.29) is 0 Å². The van der Waals surface area contributed by atoms with E-state index in [1.165, 1.54) is 12.8 Å². The van der Waals surface area contributed by atoms with Gasteiger partial charge in [0.2, 0.25) is 0 Å². The first-order valence-corrected chi connectivity index (χ1v) is 6.65. The lowest BCUT2D eigenvalue weighted by molar-refractivity contribution is 0.0136. The Balaban J connectivity index is 2.32. The zero-order valence-electron chi connectivity index (χ0n) is 11.5. The number of hydrogen-bond donors (Lipinski definition) is 2. The number of nitrogens with zero attached hydrogens (tertiary/aromatic N) is 1. The maximum absolute atomic E-state index is 9.97. The number of hydrogen-bond acceptors (Lipinski definition) is 4. The Hall–Kier alpha value is -0.160. The number of rotatable bonds is 6. The SMILES string of the molecule is CC(CC(C)(O)CN)N(C)CC1CCCOC1. The molecule has 4 nitrogen and oxygen atoms in total. The average molecular weight is 244 g/mol. The molecule has 3 atom stereocenters. The van der Waals surface area contributed by atoms with Gasteiger partial charge in [-0.15, -0.1) is 0 Å². The smallest absolute Gasteiger partial charge is 0.0756 e. The molecule has 1 rings (SSSR count). The molecule has 17 heavy (non-hydrogen) atoms. The quantitative estimate of drug-likeness (QED) is 0.727. The van der Waals surface area contributed by atoms with E-state index in [0.717, 1.165) is 19.8 Å². The highest BCUT2D eigenvalue weighted by molar-refractivity contribution is 4.80. The lowest BCUT2D eigenvalue weighted by atomic mass is 9.95. The van der Waals surface area contributed by atoms with E-state index in [0.29, 0.717) is 24.9 Å². The largest absolute Gasteiger partial charge is 0.389 e. The maximum Gasteiger partial charge on any atom is 0.0756 e. The summed E-state index contributed by atoms with van der Waals surface area (Å²) in [6.07, 6.45) is 3.14. The highest BCUT2D eigenvalue weighted by Gasteiger charge is 2.25. The van der Waals surface area contributed by atoms with E-state index < -0.39 is 5.60 Å². The van der Waals surface area contributed by atoms with Gasteiger partial charge in [-0.1, -0.05) is 0 Å². The first kappa shape index (κ1) is 14.9. The van der Waals surface area contributed by atoms with E-state index in [9.17, 15) is 5.11 Å². The zero-order valence-corrected chi connectivity index (χ0v) is 11.5. The standard InChI is InChI=1S/C13H28N2O2/c1-11(7-13(2,16)10-14)15(3)8-12-5-4-6-17-9-12/h11-12,16H,4-10,14H2,1-3H3. The van der Waals surface area contributed by atoms with Gasteiger partial charge in [0, 0.05) is 25.7 Å². The molecule has 0 saturated carbocycles. The van der Waals surface area contributed by atoms with Crippen LogP contribution in [0.4, 0.5) is 0 Å². The monoisotopic (exact) mass is 244 g/mol. The van der Waals surface area contributed by atoms with E-state index in [2.05, 4.69) is 18.9 Å². The first-order valence-electron chi connectivity index (χ1n) is 6.65. The van der Waals surface area contributed by atoms with Crippen molar-refractivity contribution in [2.75, 3.05) is 33.4 Å². The minimum atomic E-state index is -0.753. The fraction of sp³-hybridized carbons (Fsp3) is 1.00. The molecule has 0 bridgehead atoms. The molecular formula is C13H28N2O2. The van der Waals surface area contributed by atoms with Crippen LogP contribution in [0.25, 0.3) is 0 Å². The summed E-state index contributed by atoms with van der Waals surface area (Å²) in [6, 6.07) is 0.343. The average Bonchev–Trinajstić information content (AvgIpc) is 2.30. The van der Waals surface area contributed by atoms with Crippen molar-refractivity contribution >= 4 is 0 Å². The van der Waals surface area contributed by atoms with Gasteiger partial charge in [-0.25, -0.2) is 0 Å². The van der Waals surface area contributed by atoms with Crippen molar-refractivity contribution in [3.8, 4) is 0 Å². The Morgan fingerprint density at radius 2 is 2.29 bits per heavy atom. The fourth-order valence-electron chi connectivity index (χ4n) is 2.41. The molecule has 1 saturated heterocycles. The first-order chi connectivity index (χ1) is 7.94. The van der Waals surface area contributed by atoms with Crippen LogP contribution in [0.1, 0.15) is 33.1 Å². The van der Waals surface area contributed by atoms with Gasteiger partial charge in [-0.2, -0.15) is 0 Å². The lowest BCUT2D eigenvalue weighted by Gasteiger charge is -2.34. The molecular weight excluding hydrogens is 216 g/mol. The molecule has 0 spiro atoms. The van der Waals surface area contributed by atoms with Gasteiger partial charge in [0.15, 0.2) is 0 Å². The number of ether oxygens (including phenoxy) is 1. The van der Waals surface area contributed by atoms with Crippen molar-refractivity contribution in [3.05, 3.63) is 0 Å². The van der Waals surface area contributed by atoms with Crippen molar-refractivity contribution in [1.82, 2.24) is 4.90 Å². The van der Waals surface area contributed by atoms with Crippen molar-refractivity contribution in [2.45, 2.75) is 44.8 Å². The van der Waals surface area contributed by atoms with E-state index in [4.69, 9.17) is 10.5 Å². The van der Waals surface area contributed by atoms with Crippen LogP contribution in [0.5, 0.6) is 0 Å². The van der Waals surface area contributed by atoms with Crippen LogP contribution in [-0.4, -0.2) is 55.0 Å². The summed E-state index contributed by atoms with van der Waals surface area (Å²) in [5.41, 5.74) is 4.80. The summed E-state index contributed by atoms with van der Waals surface area (Å²) in [4.78, 5) is 2.31. The van der Waals surface area contributed by atoms with Gasteiger partial charge < -0.3 is 20.5 Å². The third-order valence-corrected chi connectivity index (χ3v) is 3.73. The second kappa shape index (κ2) is 6.69. The van der Waals surface area contributed by atoms with Crippen LogP contribution in [0.3, 0.4) is 0 Å². The topological polar surface area (TPSA) is 58.7 Å². The molecule has 0 aromatic heterocycles. The lowest BCUT2D eigenvalue weighted by Crippen LogP contribution is -2.44. The van der Waals surface area contributed by atoms with Crippen molar-refractivity contribution in [1.29, 1.82) is 0 Å². The number of nitrogens with two attached hydrogens (primary N) is 1. The molecule has 1 aliphatic heterocycles. The van der Waals surface area contributed by atoms with Crippen molar-refractivity contribution in [3.63, 3.8) is 0 Å². The molecule has 102 valence electrons. The minimum Gasteiger partial charge on any atom is -0.389 e. The Morgan fingerprint density at radius 3 is 2.82 bits per heavy atom. The molecule has 0 aromatic rings. The van der Waals surface area contributed by atoms with E-state index in [1.54, 1.807) is 6.92 Å². The molecule has 1 aliphatic rings. The molecule has 1 heterocycles. The van der Waals surface area contributed by atoms with Gasteiger partial charge in [0.25, 0.3) is 0 Å². The zero-order chi connectivity index (χ0) is 12.9. The summed E-state index contributed by atoms with van der Waals surface area (Å²) in [7, 11) is 2.12. The van der Waals surface area contributed by atoms with Gasteiger partial charge >= 0.3 is 0 Å². The minimum absolute atomic E-state index is 0.317. The molecule has 3 N–H and O–H groups in total. The summed E-state index contributed by atoms with van der Waals surface area (Å²) in [5, 5.41) is 9.97. The predicted octanol–water partition coefficient (Wildman–Crippen LogP) is 0.833. The van der Waals surface area contributed by atoms with Crippen LogP contribution in [0.2, 0.25) is 0 Å². The van der Waals surface area contributed by atoms with Crippen LogP contribution in [-0.2, 0) is 4.74 Å². The van der Waals surface area contributed by atoms with Crippen LogP contribution in [0, 0.1) is 5.92 Å². The Bertz CT molecular complexity index is 215. The van der Waals surface area contributed by atoms with E-state index in [1.807, 2.05) is 0 Å². The van der Waals surface area contributed by atoms with Gasteiger partial charge in [0.05, 0.1) is 12.2 Å². The molecule has 0 radical (unpaired) electrons. The fourth-order valence-corrected chi connectivity index (χ4v) is 2.41. The van der Waals surface area contributed by atoms with Gasteiger partial charge in [0.1, 0.15) is 0 Å². The van der Waals surface area contributed by atoms with Crippen molar-refractivity contribution in [2.24, 2.45) is 11.7 Å². The summed E-state index contributed by atoms with van der Waals surface area (Å²) in [5.74, 6) is 0.638. The third kappa shape index (κ3) is 5.34. The third-order valence-electron chi connectivity index (χ3n) is 3.73. The van der Waals surface area contributed by atoms with Gasteiger partial charge in [-0.05, 0) is 46.1 Å². The second-order valence-corrected chi connectivity index (χ2v) is 5.78.